The highest BCUT2D eigenvalue weighted by molar-refractivity contribution is 6.10. The fourth-order valence-electron chi connectivity index (χ4n) is 2.70. The number of ether oxygens (including phenoxy) is 1. The van der Waals surface area contributed by atoms with Gasteiger partial charge in [-0.15, -0.1) is 0 Å². The minimum atomic E-state index is -0.424. The molecule has 3 aromatic rings. The monoisotopic (exact) mass is 386 g/mol. The zero-order chi connectivity index (χ0) is 20.5. The lowest BCUT2D eigenvalue weighted by atomic mass is 10.1. The third-order valence-corrected chi connectivity index (χ3v) is 4.08. The Morgan fingerprint density at radius 3 is 2.17 bits per heavy atom. The topological polar surface area (TPSA) is 67.4 Å². The number of nitrogens with one attached hydrogen (secondary N) is 2. The van der Waals surface area contributed by atoms with E-state index < -0.39 is 5.91 Å². The van der Waals surface area contributed by atoms with E-state index in [1.807, 2.05) is 55.5 Å². The van der Waals surface area contributed by atoms with Gasteiger partial charge in [0, 0.05) is 16.8 Å². The summed E-state index contributed by atoms with van der Waals surface area (Å²) in [5, 5.41) is 5.53. The molecule has 3 aromatic carbocycles. The largest absolute Gasteiger partial charge is 0.493 e. The highest BCUT2D eigenvalue weighted by atomic mass is 16.5. The van der Waals surface area contributed by atoms with Crippen LogP contribution < -0.4 is 15.4 Å². The maximum atomic E-state index is 12.9. The Morgan fingerprint density at radius 2 is 1.48 bits per heavy atom. The number of carbonyl (C=O) groups excluding carboxylic acids is 2. The summed E-state index contributed by atoms with van der Waals surface area (Å²) in [6, 6.07) is 25.2. The van der Waals surface area contributed by atoms with E-state index in [2.05, 4.69) is 10.6 Å². The summed E-state index contributed by atoms with van der Waals surface area (Å²) >= 11 is 0. The van der Waals surface area contributed by atoms with Crippen molar-refractivity contribution in [3.05, 3.63) is 102 Å². The minimum Gasteiger partial charge on any atom is -0.493 e. The first-order chi connectivity index (χ1) is 14.2. The molecule has 0 aliphatic heterocycles. The van der Waals surface area contributed by atoms with Crippen molar-refractivity contribution >= 4 is 23.6 Å². The zero-order valence-corrected chi connectivity index (χ0v) is 16.1. The summed E-state index contributed by atoms with van der Waals surface area (Å²) < 4.78 is 5.64. The molecule has 0 atom stereocenters. The second-order valence-electron chi connectivity index (χ2n) is 6.17. The molecular weight excluding hydrogens is 364 g/mol. The molecule has 2 amide bonds. The van der Waals surface area contributed by atoms with Gasteiger partial charge in [-0.1, -0.05) is 54.6 Å². The SMILES string of the molecule is CCOc1ccccc1/C=C(/NC(=O)c1ccccc1)C(=O)Nc1ccccc1. The summed E-state index contributed by atoms with van der Waals surface area (Å²) in [5.41, 5.74) is 1.91. The Kier molecular flexibility index (Phi) is 6.79. The summed E-state index contributed by atoms with van der Waals surface area (Å²) in [7, 11) is 0. The van der Waals surface area contributed by atoms with Crippen molar-refractivity contribution in [3.8, 4) is 5.75 Å². The number of benzene rings is 3. The lowest BCUT2D eigenvalue weighted by Gasteiger charge is -2.13. The molecule has 0 aliphatic carbocycles. The highest BCUT2D eigenvalue weighted by Crippen LogP contribution is 2.21. The number of para-hydroxylation sites is 2. The van der Waals surface area contributed by atoms with Gasteiger partial charge < -0.3 is 15.4 Å². The fourth-order valence-corrected chi connectivity index (χ4v) is 2.70. The van der Waals surface area contributed by atoms with Crippen molar-refractivity contribution in [2.75, 3.05) is 11.9 Å². The van der Waals surface area contributed by atoms with Crippen molar-refractivity contribution in [1.29, 1.82) is 0 Å². The van der Waals surface area contributed by atoms with E-state index in [-0.39, 0.29) is 11.6 Å². The van der Waals surface area contributed by atoms with Gasteiger partial charge in [0.15, 0.2) is 0 Å². The molecule has 146 valence electrons. The van der Waals surface area contributed by atoms with Gasteiger partial charge in [-0.05, 0) is 43.3 Å². The molecule has 0 saturated carbocycles. The third-order valence-electron chi connectivity index (χ3n) is 4.08. The van der Waals surface area contributed by atoms with Crippen LogP contribution in [0.2, 0.25) is 0 Å². The average Bonchev–Trinajstić information content (AvgIpc) is 2.76. The second kappa shape index (κ2) is 9.90. The number of hydrogen-bond donors (Lipinski definition) is 2. The number of anilines is 1. The fraction of sp³-hybridized carbons (Fsp3) is 0.0833. The molecule has 29 heavy (non-hydrogen) atoms. The van der Waals surface area contributed by atoms with Crippen LogP contribution in [-0.4, -0.2) is 18.4 Å². The number of hydrogen-bond acceptors (Lipinski definition) is 3. The summed E-state index contributed by atoms with van der Waals surface area (Å²) in [5.74, 6) is -0.158. The Morgan fingerprint density at radius 1 is 0.862 bits per heavy atom. The van der Waals surface area contributed by atoms with Gasteiger partial charge in [0.25, 0.3) is 11.8 Å². The van der Waals surface area contributed by atoms with Gasteiger partial charge in [-0.3, -0.25) is 9.59 Å². The summed E-state index contributed by atoms with van der Waals surface area (Å²) in [6.45, 7) is 2.38. The Bertz CT molecular complexity index is 999. The number of carbonyl (C=O) groups is 2. The van der Waals surface area contributed by atoms with Crippen LogP contribution in [0.1, 0.15) is 22.8 Å². The van der Waals surface area contributed by atoms with E-state index in [1.54, 1.807) is 42.5 Å². The van der Waals surface area contributed by atoms with Gasteiger partial charge in [0.2, 0.25) is 0 Å². The second-order valence-corrected chi connectivity index (χ2v) is 6.17. The molecule has 5 heteroatoms. The van der Waals surface area contributed by atoms with Crippen LogP contribution in [0, 0.1) is 0 Å². The van der Waals surface area contributed by atoms with Crippen LogP contribution >= 0.6 is 0 Å². The van der Waals surface area contributed by atoms with E-state index >= 15 is 0 Å². The van der Waals surface area contributed by atoms with Gasteiger partial charge >= 0.3 is 0 Å². The quantitative estimate of drug-likeness (QED) is 0.588. The molecule has 0 aromatic heterocycles. The smallest absolute Gasteiger partial charge is 0.272 e. The van der Waals surface area contributed by atoms with Crippen molar-refractivity contribution in [3.63, 3.8) is 0 Å². The molecule has 3 rings (SSSR count). The van der Waals surface area contributed by atoms with E-state index in [1.165, 1.54) is 0 Å². The molecule has 0 aliphatic rings. The maximum absolute atomic E-state index is 12.9. The zero-order valence-electron chi connectivity index (χ0n) is 16.1. The summed E-state index contributed by atoms with van der Waals surface area (Å²) in [4.78, 5) is 25.6. The number of rotatable bonds is 7. The Labute approximate surface area is 170 Å². The van der Waals surface area contributed by atoms with Crippen LogP contribution in [0.25, 0.3) is 6.08 Å². The Balaban J connectivity index is 1.92. The molecule has 2 N–H and O–H groups in total. The van der Waals surface area contributed by atoms with Crippen molar-refractivity contribution in [2.45, 2.75) is 6.92 Å². The maximum Gasteiger partial charge on any atom is 0.272 e. The predicted octanol–water partition coefficient (Wildman–Crippen LogP) is 4.49. The molecule has 5 nitrogen and oxygen atoms in total. The van der Waals surface area contributed by atoms with Gasteiger partial charge in [0.05, 0.1) is 6.61 Å². The van der Waals surface area contributed by atoms with Crippen LogP contribution in [0.5, 0.6) is 5.75 Å². The van der Waals surface area contributed by atoms with E-state index in [4.69, 9.17) is 4.74 Å². The van der Waals surface area contributed by atoms with Crippen LogP contribution in [0.15, 0.2) is 90.6 Å². The van der Waals surface area contributed by atoms with Gasteiger partial charge in [-0.2, -0.15) is 0 Å². The standard InChI is InChI=1S/C24H22N2O3/c1-2-29-22-16-10-9-13-19(22)17-21(24(28)25-20-14-7-4-8-15-20)26-23(27)18-11-5-3-6-12-18/h3-17H,2H2,1H3,(H,25,28)(H,26,27)/b21-17+. The molecular formula is C24H22N2O3. The normalized spacial score (nSPS) is 10.9. The van der Waals surface area contributed by atoms with E-state index in [0.29, 0.717) is 29.2 Å². The van der Waals surface area contributed by atoms with Crippen LogP contribution in [0.3, 0.4) is 0 Å². The lowest BCUT2D eigenvalue weighted by molar-refractivity contribution is -0.113. The summed E-state index contributed by atoms with van der Waals surface area (Å²) in [6.07, 6.45) is 1.62. The minimum absolute atomic E-state index is 0.120. The first kappa shape index (κ1) is 19.9. The molecule has 0 radical (unpaired) electrons. The molecule has 0 unspecified atom stereocenters. The molecule has 0 saturated heterocycles. The van der Waals surface area contributed by atoms with Crippen molar-refractivity contribution in [1.82, 2.24) is 5.32 Å². The van der Waals surface area contributed by atoms with Gasteiger partial charge in [0.1, 0.15) is 11.4 Å². The van der Waals surface area contributed by atoms with Crippen LogP contribution in [-0.2, 0) is 4.79 Å². The highest BCUT2D eigenvalue weighted by Gasteiger charge is 2.16. The molecule has 0 bridgehead atoms. The lowest BCUT2D eigenvalue weighted by Crippen LogP contribution is -2.30. The molecule has 0 fully saturated rings. The van der Waals surface area contributed by atoms with E-state index in [9.17, 15) is 9.59 Å². The Hall–Kier alpha value is -3.86. The first-order valence-electron chi connectivity index (χ1n) is 9.33. The van der Waals surface area contributed by atoms with Crippen molar-refractivity contribution in [2.24, 2.45) is 0 Å². The molecule has 0 heterocycles. The van der Waals surface area contributed by atoms with Gasteiger partial charge in [-0.25, -0.2) is 0 Å². The van der Waals surface area contributed by atoms with E-state index in [0.717, 1.165) is 0 Å². The third kappa shape index (κ3) is 5.56. The van der Waals surface area contributed by atoms with Crippen molar-refractivity contribution < 1.29 is 14.3 Å². The average molecular weight is 386 g/mol. The molecule has 0 spiro atoms. The predicted molar refractivity (Wildman–Crippen MR) is 115 cm³/mol. The first-order valence-corrected chi connectivity index (χ1v) is 9.33. The number of amides is 2. The van der Waals surface area contributed by atoms with Crippen LogP contribution in [0.4, 0.5) is 5.69 Å².